The standard InChI is InChI=1S/C10H18/c1-7-4-5-8-6-9(7)10(8,2)3/h7-9H,4-6H2,1-3H3/t7?,8?,9-/m0/s1. The van der Waals surface area contributed by atoms with Crippen molar-refractivity contribution in [2.24, 2.45) is 23.2 Å². The molecule has 3 saturated carbocycles. The molecule has 0 radical (unpaired) electrons. The Bertz CT molecular complexity index is 144. The SMILES string of the molecule is CC1CCC2C[C@@H]1C2(C)C. The normalized spacial score (nSPS) is 50.1. The third-order valence-electron chi connectivity index (χ3n) is 4.20. The summed E-state index contributed by atoms with van der Waals surface area (Å²) < 4.78 is 0. The maximum atomic E-state index is 2.46. The van der Waals surface area contributed by atoms with E-state index in [9.17, 15) is 0 Å². The lowest BCUT2D eigenvalue weighted by Crippen LogP contribution is -2.51. The fourth-order valence-corrected chi connectivity index (χ4v) is 3.18. The molecule has 0 aliphatic heterocycles. The Hall–Kier alpha value is 0. The van der Waals surface area contributed by atoms with Gasteiger partial charge in [0.05, 0.1) is 0 Å². The minimum Gasteiger partial charge on any atom is -0.0622 e. The summed E-state index contributed by atoms with van der Waals surface area (Å²) in [6.07, 6.45) is 4.54. The van der Waals surface area contributed by atoms with Crippen LogP contribution in [0.25, 0.3) is 0 Å². The van der Waals surface area contributed by atoms with Crippen LogP contribution < -0.4 is 0 Å². The van der Waals surface area contributed by atoms with Crippen molar-refractivity contribution in [2.45, 2.75) is 40.0 Å². The third kappa shape index (κ3) is 0.627. The van der Waals surface area contributed by atoms with E-state index in [1.807, 2.05) is 0 Å². The van der Waals surface area contributed by atoms with Crippen LogP contribution in [0.1, 0.15) is 40.0 Å². The molecular weight excluding hydrogens is 120 g/mol. The quantitative estimate of drug-likeness (QED) is 0.482. The lowest BCUT2D eigenvalue weighted by Gasteiger charge is -2.59. The molecule has 2 unspecified atom stereocenters. The minimum atomic E-state index is 0.706. The predicted octanol–water partition coefficient (Wildman–Crippen LogP) is 3.08. The van der Waals surface area contributed by atoms with Crippen LogP contribution in [0.5, 0.6) is 0 Å². The first-order chi connectivity index (χ1) is 4.62. The second-order valence-corrected chi connectivity index (χ2v) is 4.92. The molecule has 0 saturated heterocycles. The van der Waals surface area contributed by atoms with E-state index in [-0.39, 0.29) is 0 Å². The van der Waals surface area contributed by atoms with E-state index in [2.05, 4.69) is 20.8 Å². The van der Waals surface area contributed by atoms with Gasteiger partial charge in [-0.05, 0) is 36.0 Å². The second kappa shape index (κ2) is 1.78. The molecule has 0 aromatic carbocycles. The molecule has 0 heteroatoms. The van der Waals surface area contributed by atoms with E-state index in [4.69, 9.17) is 0 Å². The van der Waals surface area contributed by atoms with Gasteiger partial charge < -0.3 is 0 Å². The van der Waals surface area contributed by atoms with E-state index < -0.39 is 0 Å². The Labute approximate surface area is 64.0 Å². The van der Waals surface area contributed by atoms with Gasteiger partial charge in [0.25, 0.3) is 0 Å². The van der Waals surface area contributed by atoms with Crippen molar-refractivity contribution in [3.63, 3.8) is 0 Å². The van der Waals surface area contributed by atoms with Gasteiger partial charge in [0, 0.05) is 0 Å². The summed E-state index contributed by atoms with van der Waals surface area (Å²) >= 11 is 0. The summed E-state index contributed by atoms with van der Waals surface area (Å²) in [5.41, 5.74) is 0.706. The Morgan fingerprint density at radius 2 is 1.90 bits per heavy atom. The van der Waals surface area contributed by atoms with E-state index in [0.717, 1.165) is 17.8 Å². The number of rotatable bonds is 0. The monoisotopic (exact) mass is 138 g/mol. The lowest BCUT2D eigenvalue weighted by atomic mass is 9.46. The molecule has 3 fully saturated rings. The Morgan fingerprint density at radius 1 is 1.20 bits per heavy atom. The molecule has 2 bridgehead atoms. The smallest absolute Gasteiger partial charge is 0.0295 e. The molecule has 10 heavy (non-hydrogen) atoms. The number of fused-ring (bicyclic) bond motifs is 2. The fourth-order valence-electron chi connectivity index (χ4n) is 3.18. The highest BCUT2D eigenvalue weighted by Crippen LogP contribution is 2.61. The second-order valence-electron chi connectivity index (χ2n) is 4.92. The maximum Gasteiger partial charge on any atom is -0.0295 e. The predicted molar refractivity (Wildman–Crippen MR) is 43.8 cm³/mol. The maximum absolute atomic E-state index is 2.46. The van der Waals surface area contributed by atoms with Gasteiger partial charge in [-0.1, -0.05) is 27.2 Å². The molecule has 0 heterocycles. The van der Waals surface area contributed by atoms with E-state index in [0.29, 0.717) is 5.41 Å². The van der Waals surface area contributed by atoms with Crippen LogP contribution >= 0.6 is 0 Å². The fraction of sp³-hybridized carbons (Fsp3) is 1.00. The molecule has 3 aliphatic rings. The number of hydrogen-bond donors (Lipinski definition) is 0. The third-order valence-corrected chi connectivity index (χ3v) is 4.20. The van der Waals surface area contributed by atoms with Crippen molar-refractivity contribution >= 4 is 0 Å². The van der Waals surface area contributed by atoms with Crippen LogP contribution in [0.2, 0.25) is 0 Å². The van der Waals surface area contributed by atoms with Crippen LogP contribution in [0, 0.1) is 23.2 Å². The molecule has 3 rings (SSSR count). The van der Waals surface area contributed by atoms with E-state index in [1.54, 1.807) is 0 Å². The highest BCUT2D eigenvalue weighted by atomic mass is 14.6. The van der Waals surface area contributed by atoms with Crippen molar-refractivity contribution in [3.05, 3.63) is 0 Å². The highest BCUT2D eigenvalue weighted by Gasteiger charge is 2.52. The van der Waals surface area contributed by atoms with Gasteiger partial charge in [-0.15, -0.1) is 0 Å². The first kappa shape index (κ1) is 6.69. The Kier molecular flexibility index (Phi) is 1.19. The van der Waals surface area contributed by atoms with Crippen LogP contribution in [0.3, 0.4) is 0 Å². The van der Waals surface area contributed by atoms with Gasteiger partial charge in [-0.25, -0.2) is 0 Å². The molecule has 3 atom stereocenters. The van der Waals surface area contributed by atoms with Crippen molar-refractivity contribution in [1.82, 2.24) is 0 Å². The lowest BCUT2D eigenvalue weighted by molar-refractivity contribution is -0.0988. The van der Waals surface area contributed by atoms with Crippen molar-refractivity contribution in [3.8, 4) is 0 Å². The molecule has 3 aliphatic carbocycles. The number of hydrogen-bond acceptors (Lipinski definition) is 0. The summed E-state index contributed by atoms with van der Waals surface area (Å²) in [7, 11) is 0. The molecule has 0 amide bonds. The average molecular weight is 138 g/mol. The van der Waals surface area contributed by atoms with Crippen LogP contribution in [0.15, 0.2) is 0 Å². The summed E-state index contributed by atoms with van der Waals surface area (Å²) in [6, 6.07) is 0. The zero-order valence-corrected chi connectivity index (χ0v) is 7.35. The molecule has 0 nitrogen and oxygen atoms in total. The first-order valence-corrected chi connectivity index (χ1v) is 4.62. The first-order valence-electron chi connectivity index (χ1n) is 4.62. The molecular formula is C10H18. The van der Waals surface area contributed by atoms with Gasteiger partial charge in [0.2, 0.25) is 0 Å². The molecule has 0 aromatic rings. The zero-order chi connectivity index (χ0) is 7.35. The zero-order valence-electron chi connectivity index (χ0n) is 7.35. The van der Waals surface area contributed by atoms with Gasteiger partial charge in [0.1, 0.15) is 0 Å². The van der Waals surface area contributed by atoms with Crippen LogP contribution in [-0.2, 0) is 0 Å². The van der Waals surface area contributed by atoms with Gasteiger partial charge in [-0.2, -0.15) is 0 Å². The summed E-state index contributed by atoms with van der Waals surface area (Å²) in [5.74, 6) is 3.15. The Morgan fingerprint density at radius 3 is 2.20 bits per heavy atom. The van der Waals surface area contributed by atoms with Crippen molar-refractivity contribution < 1.29 is 0 Å². The van der Waals surface area contributed by atoms with Crippen LogP contribution in [-0.4, -0.2) is 0 Å². The molecule has 0 N–H and O–H groups in total. The molecule has 58 valence electrons. The van der Waals surface area contributed by atoms with E-state index in [1.165, 1.54) is 19.3 Å². The van der Waals surface area contributed by atoms with Crippen LogP contribution in [0.4, 0.5) is 0 Å². The van der Waals surface area contributed by atoms with Gasteiger partial charge in [-0.3, -0.25) is 0 Å². The van der Waals surface area contributed by atoms with Gasteiger partial charge in [0.15, 0.2) is 0 Å². The summed E-state index contributed by atoms with van der Waals surface area (Å²) in [6.45, 7) is 7.35. The van der Waals surface area contributed by atoms with E-state index >= 15 is 0 Å². The van der Waals surface area contributed by atoms with Gasteiger partial charge >= 0.3 is 0 Å². The minimum absolute atomic E-state index is 0.706. The topological polar surface area (TPSA) is 0 Å². The van der Waals surface area contributed by atoms with Crippen molar-refractivity contribution in [1.29, 1.82) is 0 Å². The highest BCUT2D eigenvalue weighted by molar-refractivity contribution is 5.01. The Balaban J connectivity index is 2.16. The average Bonchev–Trinajstić information content (AvgIpc) is 1.87. The largest absolute Gasteiger partial charge is 0.0622 e. The molecule has 0 aromatic heterocycles. The summed E-state index contributed by atoms with van der Waals surface area (Å²) in [4.78, 5) is 0. The summed E-state index contributed by atoms with van der Waals surface area (Å²) in [5, 5.41) is 0. The molecule has 0 spiro atoms. The van der Waals surface area contributed by atoms with Crippen molar-refractivity contribution in [2.75, 3.05) is 0 Å².